The summed E-state index contributed by atoms with van der Waals surface area (Å²) in [4.78, 5) is 37.2. The minimum atomic E-state index is -0.631. The molecule has 7 heteroatoms. The molecule has 1 aromatic carbocycles. The van der Waals surface area contributed by atoms with Crippen molar-refractivity contribution in [1.29, 1.82) is 0 Å². The van der Waals surface area contributed by atoms with Gasteiger partial charge in [-0.2, -0.15) is 0 Å². The Labute approximate surface area is 173 Å². The molecule has 0 radical (unpaired) electrons. The number of nitrogens with one attached hydrogen (secondary N) is 1. The van der Waals surface area contributed by atoms with E-state index >= 15 is 0 Å². The zero-order valence-corrected chi connectivity index (χ0v) is 18.1. The van der Waals surface area contributed by atoms with Crippen LogP contribution in [0.3, 0.4) is 0 Å². The molecule has 29 heavy (non-hydrogen) atoms. The van der Waals surface area contributed by atoms with Gasteiger partial charge in [-0.25, -0.2) is 9.59 Å². The van der Waals surface area contributed by atoms with Crippen LogP contribution in [0.1, 0.15) is 81.0 Å². The maximum atomic E-state index is 12.7. The largest absolute Gasteiger partial charge is 0.462 e. The molecule has 0 aromatic heterocycles. The summed E-state index contributed by atoms with van der Waals surface area (Å²) >= 11 is 0. The Morgan fingerprint density at radius 3 is 2.07 bits per heavy atom. The Bertz CT molecular complexity index is 693. The third-order valence-electron chi connectivity index (χ3n) is 3.79. The van der Waals surface area contributed by atoms with Gasteiger partial charge in [-0.1, -0.05) is 32.8 Å². The summed E-state index contributed by atoms with van der Waals surface area (Å²) in [5.74, 6) is -1.70. The van der Waals surface area contributed by atoms with E-state index in [4.69, 9.17) is 14.2 Å². The first-order valence-corrected chi connectivity index (χ1v) is 10.1. The smallest absolute Gasteiger partial charge is 0.341 e. The summed E-state index contributed by atoms with van der Waals surface area (Å²) in [6, 6.07) is 4.75. The van der Waals surface area contributed by atoms with E-state index < -0.39 is 23.5 Å². The number of rotatable bonds is 11. The van der Waals surface area contributed by atoms with Crippen molar-refractivity contribution in [2.24, 2.45) is 0 Å². The molecule has 1 N–H and O–H groups in total. The number of hydrogen-bond acceptors (Lipinski definition) is 7. The van der Waals surface area contributed by atoms with Crippen molar-refractivity contribution in [3.8, 4) is 0 Å². The van der Waals surface area contributed by atoms with Gasteiger partial charge in [0.25, 0.3) is 0 Å². The van der Waals surface area contributed by atoms with Gasteiger partial charge in [0.1, 0.15) is 12.1 Å². The lowest BCUT2D eigenvalue weighted by molar-refractivity contribution is -0.152. The van der Waals surface area contributed by atoms with E-state index in [1.165, 1.54) is 6.07 Å². The number of carbonyl (C=O) groups is 3. The topological polar surface area (TPSA) is 90.9 Å². The fourth-order valence-corrected chi connectivity index (χ4v) is 2.40. The first kappa shape index (κ1) is 24.5. The molecule has 1 rings (SSSR count). The third kappa shape index (κ3) is 8.98. The van der Waals surface area contributed by atoms with Crippen molar-refractivity contribution < 1.29 is 28.6 Å². The van der Waals surface area contributed by atoms with E-state index in [1.54, 1.807) is 32.9 Å². The maximum Gasteiger partial charge on any atom is 0.341 e. The molecule has 162 valence electrons. The van der Waals surface area contributed by atoms with Crippen LogP contribution in [-0.4, -0.2) is 43.3 Å². The molecule has 1 aromatic rings. The molecule has 0 unspecified atom stereocenters. The van der Waals surface area contributed by atoms with Gasteiger partial charge in [0.15, 0.2) is 0 Å². The van der Waals surface area contributed by atoms with Gasteiger partial charge in [0.05, 0.1) is 30.0 Å². The number of ether oxygens (including phenoxy) is 3. The van der Waals surface area contributed by atoms with Crippen LogP contribution in [0.4, 0.5) is 5.69 Å². The van der Waals surface area contributed by atoms with E-state index in [2.05, 4.69) is 5.32 Å². The van der Waals surface area contributed by atoms with Gasteiger partial charge in [-0.3, -0.25) is 4.79 Å². The highest BCUT2D eigenvalue weighted by Gasteiger charge is 2.24. The highest BCUT2D eigenvalue weighted by Crippen LogP contribution is 2.23. The molecule has 0 atom stereocenters. The molecular formula is C22H33NO6. The van der Waals surface area contributed by atoms with Crippen molar-refractivity contribution in [1.82, 2.24) is 0 Å². The summed E-state index contributed by atoms with van der Waals surface area (Å²) in [7, 11) is 0. The molecule has 0 aliphatic rings. The molecule has 0 aliphatic carbocycles. The van der Waals surface area contributed by atoms with Crippen LogP contribution in [0, 0.1) is 0 Å². The second kappa shape index (κ2) is 12.1. The molecule has 0 spiro atoms. The average Bonchev–Trinajstić information content (AvgIpc) is 2.64. The van der Waals surface area contributed by atoms with Gasteiger partial charge in [-0.15, -0.1) is 0 Å². The lowest BCUT2D eigenvalue weighted by atomic mass is 10.0. The molecule has 0 saturated heterocycles. The monoisotopic (exact) mass is 407 g/mol. The number of hydrogen-bond donors (Lipinski definition) is 1. The van der Waals surface area contributed by atoms with Crippen LogP contribution >= 0.6 is 0 Å². The molecule has 0 bridgehead atoms. The lowest BCUT2D eigenvalue weighted by Gasteiger charge is -2.20. The maximum absolute atomic E-state index is 12.7. The second-order valence-corrected chi connectivity index (χ2v) is 7.65. The van der Waals surface area contributed by atoms with Crippen LogP contribution in [0.25, 0.3) is 0 Å². The van der Waals surface area contributed by atoms with Crippen LogP contribution < -0.4 is 5.32 Å². The summed E-state index contributed by atoms with van der Waals surface area (Å²) in [5.41, 5.74) is -0.126. The summed E-state index contributed by atoms with van der Waals surface area (Å²) in [6.45, 7) is 9.67. The van der Waals surface area contributed by atoms with Crippen molar-refractivity contribution in [3.05, 3.63) is 29.3 Å². The lowest BCUT2D eigenvalue weighted by Crippen LogP contribution is -2.28. The highest BCUT2D eigenvalue weighted by atomic mass is 16.6. The zero-order valence-electron chi connectivity index (χ0n) is 18.1. The Kier molecular flexibility index (Phi) is 10.2. The Morgan fingerprint density at radius 1 is 0.931 bits per heavy atom. The molecule has 7 nitrogen and oxygen atoms in total. The van der Waals surface area contributed by atoms with Gasteiger partial charge in [-0.05, 0) is 45.7 Å². The zero-order chi connectivity index (χ0) is 21.9. The van der Waals surface area contributed by atoms with E-state index in [9.17, 15) is 14.4 Å². The van der Waals surface area contributed by atoms with Gasteiger partial charge >= 0.3 is 17.9 Å². The number of benzene rings is 1. The molecule has 0 amide bonds. The molecule has 0 saturated carbocycles. The minimum Gasteiger partial charge on any atom is -0.462 e. The number of unbranched alkanes of at least 4 members (excludes halogenated alkanes) is 2. The van der Waals surface area contributed by atoms with E-state index in [1.807, 2.05) is 13.8 Å². The van der Waals surface area contributed by atoms with E-state index in [0.29, 0.717) is 5.69 Å². The third-order valence-corrected chi connectivity index (χ3v) is 3.79. The second-order valence-electron chi connectivity index (χ2n) is 7.65. The summed E-state index contributed by atoms with van der Waals surface area (Å²) in [6.07, 6.45) is 3.21. The predicted molar refractivity (Wildman–Crippen MR) is 111 cm³/mol. The molecule has 0 aliphatic heterocycles. The molecular weight excluding hydrogens is 374 g/mol. The SMILES string of the molecule is CCCCOC(=O)c1cccc(NCC(=O)OC(C)(C)C)c1C(=O)OCCCC. The minimum absolute atomic E-state index is 0.0636. The summed E-state index contributed by atoms with van der Waals surface area (Å²) < 4.78 is 15.8. The van der Waals surface area contributed by atoms with Gasteiger partial charge in [0, 0.05) is 0 Å². The number of esters is 3. The number of carbonyl (C=O) groups excluding carboxylic acids is 3. The van der Waals surface area contributed by atoms with Crippen molar-refractivity contribution >= 4 is 23.6 Å². The van der Waals surface area contributed by atoms with Crippen molar-refractivity contribution in [2.75, 3.05) is 25.1 Å². The van der Waals surface area contributed by atoms with Crippen LogP contribution in [-0.2, 0) is 19.0 Å². The van der Waals surface area contributed by atoms with Crippen molar-refractivity contribution in [3.63, 3.8) is 0 Å². The van der Waals surface area contributed by atoms with Crippen LogP contribution in [0.15, 0.2) is 18.2 Å². The number of anilines is 1. The van der Waals surface area contributed by atoms with Gasteiger partial charge in [0.2, 0.25) is 0 Å². The first-order chi connectivity index (χ1) is 13.7. The standard InChI is InChI=1S/C22H33NO6/c1-6-8-13-27-20(25)16-11-10-12-17(19(16)21(26)28-14-9-7-2)23-15-18(24)29-22(3,4)5/h10-12,23H,6-9,13-15H2,1-5H3. The van der Waals surface area contributed by atoms with Crippen LogP contribution in [0.2, 0.25) is 0 Å². The normalized spacial score (nSPS) is 10.9. The Balaban J connectivity index is 3.06. The summed E-state index contributed by atoms with van der Waals surface area (Å²) in [5, 5.41) is 2.89. The van der Waals surface area contributed by atoms with Crippen molar-refractivity contribution in [2.45, 2.75) is 65.9 Å². The average molecular weight is 408 g/mol. The highest BCUT2D eigenvalue weighted by molar-refractivity contribution is 6.07. The molecule has 0 fully saturated rings. The fourth-order valence-electron chi connectivity index (χ4n) is 2.40. The fraction of sp³-hybridized carbons (Fsp3) is 0.591. The quantitative estimate of drug-likeness (QED) is 0.331. The predicted octanol–water partition coefficient (Wildman–Crippen LogP) is 4.35. The van der Waals surface area contributed by atoms with E-state index in [-0.39, 0.29) is 30.9 Å². The van der Waals surface area contributed by atoms with E-state index in [0.717, 1.165) is 25.7 Å². The Morgan fingerprint density at radius 2 is 1.52 bits per heavy atom. The van der Waals surface area contributed by atoms with Gasteiger partial charge < -0.3 is 19.5 Å². The van der Waals surface area contributed by atoms with Crippen LogP contribution in [0.5, 0.6) is 0 Å². The first-order valence-electron chi connectivity index (χ1n) is 10.1. The molecule has 0 heterocycles. The Hall–Kier alpha value is -2.57.